The summed E-state index contributed by atoms with van der Waals surface area (Å²) in [6.07, 6.45) is 0. The van der Waals surface area contributed by atoms with Gasteiger partial charge >= 0.3 is 0 Å². The first-order valence-corrected chi connectivity index (χ1v) is 5.65. The lowest BCUT2D eigenvalue weighted by Gasteiger charge is -2.06. The molecule has 0 unspecified atom stereocenters. The van der Waals surface area contributed by atoms with E-state index < -0.39 is 11.6 Å². The van der Waals surface area contributed by atoms with Crippen molar-refractivity contribution in [3.63, 3.8) is 0 Å². The second-order valence-electron chi connectivity index (χ2n) is 4.45. The Balaban J connectivity index is 2.57. The van der Waals surface area contributed by atoms with Crippen LogP contribution in [0.25, 0.3) is 11.3 Å². The first-order chi connectivity index (χ1) is 8.41. The fourth-order valence-electron chi connectivity index (χ4n) is 1.85. The summed E-state index contributed by atoms with van der Waals surface area (Å²) in [5, 5.41) is 14.2. The highest BCUT2D eigenvalue weighted by Crippen LogP contribution is 2.32. The van der Waals surface area contributed by atoms with Gasteiger partial charge in [0.1, 0.15) is 5.69 Å². The molecule has 1 heterocycles. The van der Waals surface area contributed by atoms with Crippen LogP contribution in [0.4, 0.5) is 8.78 Å². The lowest BCUT2D eigenvalue weighted by atomic mass is 10.1. The molecule has 0 amide bonds. The molecule has 1 aromatic heterocycles. The topological polar surface area (TPSA) is 38.1 Å². The van der Waals surface area contributed by atoms with Crippen LogP contribution in [0.2, 0.25) is 0 Å². The second-order valence-corrected chi connectivity index (χ2v) is 4.45. The fraction of sp³-hybridized carbons (Fsp3) is 0.308. The smallest absolute Gasteiger partial charge is 0.164 e. The van der Waals surface area contributed by atoms with Crippen LogP contribution < -0.4 is 0 Å². The highest BCUT2D eigenvalue weighted by Gasteiger charge is 2.17. The second kappa shape index (κ2) is 4.40. The minimum absolute atomic E-state index is 0.00490. The van der Waals surface area contributed by atoms with E-state index in [1.165, 1.54) is 6.07 Å². The molecule has 0 fully saturated rings. The van der Waals surface area contributed by atoms with Gasteiger partial charge in [0.15, 0.2) is 17.4 Å². The zero-order valence-corrected chi connectivity index (χ0v) is 10.4. The van der Waals surface area contributed by atoms with Crippen LogP contribution in [0, 0.1) is 18.6 Å². The van der Waals surface area contributed by atoms with Crippen molar-refractivity contribution in [1.29, 1.82) is 0 Å². The molecule has 0 saturated carbocycles. The molecule has 0 atom stereocenters. The molecule has 0 aliphatic heterocycles. The Morgan fingerprint density at radius 1 is 1.22 bits per heavy atom. The van der Waals surface area contributed by atoms with Crippen molar-refractivity contribution >= 4 is 0 Å². The van der Waals surface area contributed by atoms with Crippen molar-refractivity contribution < 1.29 is 13.9 Å². The Morgan fingerprint density at radius 3 is 2.39 bits per heavy atom. The molecule has 0 aliphatic rings. The number of halogens is 2. The lowest BCUT2D eigenvalue weighted by Crippen LogP contribution is -2.04. The predicted molar refractivity (Wildman–Crippen MR) is 64.4 cm³/mol. The molecule has 0 spiro atoms. The van der Waals surface area contributed by atoms with Crippen LogP contribution in [-0.2, 0) is 0 Å². The normalized spacial score (nSPS) is 11.2. The Labute approximate surface area is 104 Å². The highest BCUT2D eigenvalue weighted by atomic mass is 19.2. The summed E-state index contributed by atoms with van der Waals surface area (Å²) in [7, 11) is 0. The van der Waals surface area contributed by atoms with Crippen molar-refractivity contribution in [3.8, 4) is 17.0 Å². The molecule has 0 bridgehead atoms. The van der Waals surface area contributed by atoms with Gasteiger partial charge in [-0.15, -0.1) is 0 Å². The third-order valence-corrected chi connectivity index (χ3v) is 2.80. The SMILES string of the molecule is Cc1c(O)c(-c2ccc(F)c(F)c2)nn1C(C)C. The summed E-state index contributed by atoms with van der Waals surface area (Å²) in [5.41, 5.74) is 1.22. The summed E-state index contributed by atoms with van der Waals surface area (Å²) in [5.74, 6) is -1.88. The average Bonchev–Trinajstić information content (AvgIpc) is 2.60. The van der Waals surface area contributed by atoms with E-state index in [0.717, 1.165) is 12.1 Å². The van der Waals surface area contributed by atoms with E-state index in [1.54, 1.807) is 11.6 Å². The first-order valence-electron chi connectivity index (χ1n) is 5.65. The van der Waals surface area contributed by atoms with Gasteiger partial charge in [0, 0.05) is 11.6 Å². The molecule has 3 nitrogen and oxygen atoms in total. The maximum absolute atomic E-state index is 13.2. The van der Waals surface area contributed by atoms with Gasteiger partial charge in [0.25, 0.3) is 0 Å². The molecule has 2 rings (SSSR count). The minimum atomic E-state index is -0.955. The molecule has 5 heteroatoms. The maximum atomic E-state index is 13.2. The Hall–Kier alpha value is -1.91. The van der Waals surface area contributed by atoms with E-state index in [9.17, 15) is 13.9 Å². The van der Waals surface area contributed by atoms with Gasteiger partial charge in [0.2, 0.25) is 0 Å². The van der Waals surface area contributed by atoms with Crippen molar-refractivity contribution in [2.75, 3.05) is 0 Å². The predicted octanol–water partition coefficient (Wildman–Crippen LogP) is 3.42. The van der Waals surface area contributed by atoms with Gasteiger partial charge in [-0.25, -0.2) is 8.78 Å². The van der Waals surface area contributed by atoms with Crippen LogP contribution in [0.1, 0.15) is 25.6 Å². The van der Waals surface area contributed by atoms with E-state index in [0.29, 0.717) is 11.3 Å². The van der Waals surface area contributed by atoms with Gasteiger partial charge < -0.3 is 5.11 Å². The van der Waals surface area contributed by atoms with Gasteiger partial charge in [-0.2, -0.15) is 5.10 Å². The number of aromatic nitrogens is 2. The maximum Gasteiger partial charge on any atom is 0.164 e. The number of hydrogen-bond donors (Lipinski definition) is 1. The molecule has 0 saturated heterocycles. The largest absolute Gasteiger partial charge is 0.504 e. The molecule has 18 heavy (non-hydrogen) atoms. The van der Waals surface area contributed by atoms with E-state index in [1.807, 2.05) is 13.8 Å². The summed E-state index contributed by atoms with van der Waals surface area (Å²) < 4.78 is 27.7. The minimum Gasteiger partial charge on any atom is -0.504 e. The summed E-state index contributed by atoms with van der Waals surface area (Å²) in [6, 6.07) is 3.52. The van der Waals surface area contributed by atoms with Gasteiger partial charge in [-0.05, 0) is 39.0 Å². The molecular formula is C13H14F2N2O. The number of aromatic hydroxyl groups is 1. The zero-order chi connectivity index (χ0) is 13.4. The van der Waals surface area contributed by atoms with Crippen molar-refractivity contribution in [1.82, 2.24) is 9.78 Å². The monoisotopic (exact) mass is 252 g/mol. The van der Waals surface area contributed by atoms with Crippen molar-refractivity contribution in [2.24, 2.45) is 0 Å². The molecule has 0 aliphatic carbocycles. The Kier molecular flexibility index (Phi) is 3.07. The van der Waals surface area contributed by atoms with Crippen LogP contribution in [0.5, 0.6) is 5.75 Å². The van der Waals surface area contributed by atoms with Gasteiger partial charge in [0.05, 0.1) is 5.69 Å². The molecule has 96 valence electrons. The van der Waals surface area contributed by atoms with E-state index >= 15 is 0 Å². The average molecular weight is 252 g/mol. The number of benzene rings is 1. The Bertz CT molecular complexity index is 591. The summed E-state index contributed by atoms with van der Waals surface area (Å²) in [4.78, 5) is 0. The lowest BCUT2D eigenvalue weighted by molar-refractivity contribution is 0.461. The number of nitrogens with zero attached hydrogens (tertiary/aromatic N) is 2. The van der Waals surface area contributed by atoms with Crippen molar-refractivity contribution in [3.05, 3.63) is 35.5 Å². The summed E-state index contributed by atoms with van der Waals surface area (Å²) >= 11 is 0. The van der Waals surface area contributed by atoms with Crippen LogP contribution in [0.3, 0.4) is 0 Å². The molecule has 0 radical (unpaired) electrons. The molecule has 1 aromatic carbocycles. The third-order valence-electron chi connectivity index (χ3n) is 2.80. The highest BCUT2D eigenvalue weighted by molar-refractivity contribution is 5.67. The Morgan fingerprint density at radius 2 is 1.89 bits per heavy atom. The molecular weight excluding hydrogens is 238 g/mol. The quantitative estimate of drug-likeness (QED) is 0.889. The number of rotatable bonds is 2. The van der Waals surface area contributed by atoms with Gasteiger partial charge in [-0.3, -0.25) is 4.68 Å². The van der Waals surface area contributed by atoms with Gasteiger partial charge in [-0.1, -0.05) is 0 Å². The first kappa shape index (κ1) is 12.5. The molecule has 1 N–H and O–H groups in total. The third kappa shape index (κ3) is 1.96. The standard InChI is InChI=1S/C13H14F2N2O/c1-7(2)17-8(3)13(18)12(16-17)9-4-5-10(14)11(15)6-9/h4-7,18H,1-3H3. The van der Waals surface area contributed by atoms with Crippen LogP contribution >= 0.6 is 0 Å². The van der Waals surface area contributed by atoms with Crippen LogP contribution in [-0.4, -0.2) is 14.9 Å². The number of hydrogen-bond acceptors (Lipinski definition) is 2. The van der Waals surface area contributed by atoms with Crippen LogP contribution in [0.15, 0.2) is 18.2 Å². The molecule has 2 aromatic rings. The summed E-state index contributed by atoms with van der Waals surface area (Å²) in [6.45, 7) is 5.58. The van der Waals surface area contributed by atoms with Crippen molar-refractivity contribution in [2.45, 2.75) is 26.8 Å². The fourth-order valence-corrected chi connectivity index (χ4v) is 1.85. The van der Waals surface area contributed by atoms with E-state index in [2.05, 4.69) is 5.10 Å². The zero-order valence-electron chi connectivity index (χ0n) is 10.4. The van der Waals surface area contributed by atoms with E-state index in [4.69, 9.17) is 0 Å². The van der Waals surface area contributed by atoms with E-state index in [-0.39, 0.29) is 17.5 Å².